The molecule has 0 aliphatic carbocycles. The number of hydrogen-bond donors (Lipinski definition) is 3. The predicted molar refractivity (Wildman–Crippen MR) is 60.7 cm³/mol. The summed E-state index contributed by atoms with van der Waals surface area (Å²) in [5.41, 5.74) is 1.94. The molecule has 2 atom stereocenters. The fourth-order valence-corrected chi connectivity index (χ4v) is 1.58. The molecule has 1 aromatic rings. The smallest absolute Gasteiger partial charge is 0.0914 e. The zero-order chi connectivity index (χ0) is 11.3. The Bertz CT molecular complexity index is 299. The van der Waals surface area contributed by atoms with Crippen LogP contribution in [0.15, 0.2) is 24.3 Å². The minimum atomic E-state index is -0.482. The first kappa shape index (κ1) is 12.2. The van der Waals surface area contributed by atoms with E-state index in [0.717, 1.165) is 11.1 Å². The van der Waals surface area contributed by atoms with Gasteiger partial charge >= 0.3 is 0 Å². The van der Waals surface area contributed by atoms with Crippen molar-refractivity contribution in [3.05, 3.63) is 35.4 Å². The van der Waals surface area contributed by atoms with Crippen LogP contribution in [0, 0.1) is 0 Å². The van der Waals surface area contributed by atoms with Crippen molar-refractivity contribution in [2.24, 2.45) is 0 Å². The lowest BCUT2D eigenvalue weighted by Gasteiger charge is -2.12. The van der Waals surface area contributed by atoms with Crippen LogP contribution in [0.2, 0.25) is 0 Å². The Hall–Kier alpha value is -0.900. The summed E-state index contributed by atoms with van der Waals surface area (Å²) in [7, 11) is 1.81. The van der Waals surface area contributed by atoms with E-state index in [0.29, 0.717) is 13.0 Å². The van der Waals surface area contributed by atoms with Crippen LogP contribution >= 0.6 is 0 Å². The first-order chi connectivity index (χ1) is 7.13. The van der Waals surface area contributed by atoms with Gasteiger partial charge < -0.3 is 15.5 Å². The SMILES string of the molecule is CNCC(O)c1cccc(CC(C)O)c1. The van der Waals surface area contributed by atoms with Crippen molar-refractivity contribution in [1.82, 2.24) is 5.32 Å². The quantitative estimate of drug-likeness (QED) is 0.674. The molecule has 0 fully saturated rings. The van der Waals surface area contributed by atoms with Crippen LogP contribution in [-0.4, -0.2) is 29.9 Å². The molecule has 0 saturated carbocycles. The van der Waals surface area contributed by atoms with Crippen LogP contribution in [-0.2, 0) is 6.42 Å². The minimum Gasteiger partial charge on any atom is -0.393 e. The zero-order valence-corrected chi connectivity index (χ0v) is 9.27. The van der Waals surface area contributed by atoms with Crippen LogP contribution < -0.4 is 5.32 Å². The molecular weight excluding hydrogens is 190 g/mol. The van der Waals surface area contributed by atoms with Crippen LogP contribution in [0.3, 0.4) is 0 Å². The molecule has 0 saturated heterocycles. The van der Waals surface area contributed by atoms with E-state index in [1.807, 2.05) is 31.3 Å². The average Bonchev–Trinajstić information content (AvgIpc) is 2.17. The molecular formula is C12H19NO2. The molecule has 84 valence electrons. The van der Waals surface area contributed by atoms with E-state index in [2.05, 4.69) is 5.32 Å². The second kappa shape index (κ2) is 5.85. The predicted octanol–water partition coefficient (Wildman–Crippen LogP) is 0.863. The Morgan fingerprint density at radius 3 is 2.67 bits per heavy atom. The number of rotatable bonds is 5. The molecule has 2 unspecified atom stereocenters. The maximum atomic E-state index is 9.75. The maximum Gasteiger partial charge on any atom is 0.0914 e. The van der Waals surface area contributed by atoms with E-state index < -0.39 is 6.10 Å². The van der Waals surface area contributed by atoms with Gasteiger partial charge in [-0.05, 0) is 31.5 Å². The van der Waals surface area contributed by atoms with Crippen LogP contribution in [0.5, 0.6) is 0 Å². The van der Waals surface area contributed by atoms with Crippen molar-refractivity contribution in [2.45, 2.75) is 25.6 Å². The average molecular weight is 209 g/mol. The number of nitrogens with one attached hydrogen (secondary N) is 1. The Balaban J connectivity index is 2.73. The van der Waals surface area contributed by atoms with Gasteiger partial charge in [-0.25, -0.2) is 0 Å². The third-order valence-electron chi connectivity index (χ3n) is 2.26. The summed E-state index contributed by atoms with van der Waals surface area (Å²) < 4.78 is 0. The molecule has 0 amide bonds. The van der Waals surface area contributed by atoms with Gasteiger partial charge in [-0.1, -0.05) is 24.3 Å². The number of aliphatic hydroxyl groups excluding tert-OH is 2. The van der Waals surface area contributed by atoms with Gasteiger partial charge in [-0.2, -0.15) is 0 Å². The van der Waals surface area contributed by atoms with Crippen molar-refractivity contribution < 1.29 is 10.2 Å². The molecule has 0 aliphatic heterocycles. The van der Waals surface area contributed by atoms with Crippen LogP contribution in [0.1, 0.15) is 24.2 Å². The number of hydrogen-bond acceptors (Lipinski definition) is 3. The first-order valence-electron chi connectivity index (χ1n) is 5.23. The summed E-state index contributed by atoms with van der Waals surface area (Å²) in [6.07, 6.45) is -0.203. The van der Waals surface area contributed by atoms with Gasteiger partial charge in [0, 0.05) is 6.54 Å². The third-order valence-corrected chi connectivity index (χ3v) is 2.26. The molecule has 1 rings (SSSR count). The van der Waals surface area contributed by atoms with Crippen LogP contribution in [0.4, 0.5) is 0 Å². The van der Waals surface area contributed by atoms with E-state index in [9.17, 15) is 10.2 Å². The number of likely N-dealkylation sites (N-methyl/N-ethyl adjacent to an activating group) is 1. The normalized spacial score (nSPS) is 14.9. The Kier molecular flexibility index (Phi) is 4.75. The van der Waals surface area contributed by atoms with Gasteiger partial charge in [0.15, 0.2) is 0 Å². The lowest BCUT2D eigenvalue weighted by atomic mass is 10.0. The molecule has 0 spiro atoms. The summed E-state index contributed by atoms with van der Waals surface area (Å²) in [4.78, 5) is 0. The van der Waals surface area contributed by atoms with Crippen LogP contribution in [0.25, 0.3) is 0 Å². The minimum absolute atomic E-state index is 0.346. The van der Waals surface area contributed by atoms with Crippen molar-refractivity contribution in [1.29, 1.82) is 0 Å². The number of aliphatic hydroxyl groups is 2. The highest BCUT2D eigenvalue weighted by Crippen LogP contribution is 2.14. The van der Waals surface area contributed by atoms with Crippen molar-refractivity contribution in [3.63, 3.8) is 0 Å². The molecule has 15 heavy (non-hydrogen) atoms. The van der Waals surface area contributed by atoms with Gasteiger partial charge in [0.2, 0.25) is 0 Å². The molecule has 1 aromatic carbocycles. The lowest BCUT2D eigenvalue weighted by Crippen LogP contribution is -2.17. The Labute approximate surface area is 90.8 Å². The van der Waals surface area contributed by atoms with Crippen molar-refractivity contribution in [3.8, 4) is 0 Å². The van der Waals surface area contributed by atoms with E-state index in [4.69, 9.17) is 0 Å². The highest BCUT2D eigenvalue weighted by molar-refractivity contribution is 5.25. The second-order valence-corrected chi connectivity index (χ2v) is 3.87. The second-order valence-electron chi connectivity index (χ2n) is 3.87. The monoisotopic (exact) mass is 209 g/mol. The van der Waals surface area contributed by atoms with Gasteiger partial charge in [0.05, 0.1) is 12.2 Å². The fourth-order valence-electron chi connectivity index (χ4n) is 1.58. The van der Waals surface area contributed by atoms with Gasteiger partial charge in [-0.15, -0.1) is 0 Å². The standard InChI is InChI=1S/C12H19NO2/c1-9(14)6-10-4-3-5-11(7-10)12(15)8-13-2/h3-5,7,9,12-15H,6,8H2,1-2H3. The zero-order valence-electron chi connectivity index (χ0n) is 9.27. The van der Waals surface area contributed by atoms with Crippen molar-refractivity contribution in [2.75, 3.05) is 13.6 Å². The van der Waals surface area contributed by atoms with E-state index >= 15 is 0 Å². The van der Waals surface area contributed by atoms with Gasteiger partial charge in [0.1, 0.15) is 0 Å². The molecule has 0 heterocycles. The molecule has 3 nitrogen and oxygen atoms in total. The Morgan fingerprint density at radius 2 is 2.07 bits per heavy atom. The maximum absolute atomic E-state index is 9.75. The highest BCUT2D eigenvalue weighted by Gasteiger charge is 2.07. The van der Waals surface area contributed by atoms with E-state index in [1.54, 1.807) is 6.92 Å². The molecule has 3 N–H and O–H groups in total. The molecule has 0 aromatic heterocycles. The van der Waals surface area contributed by atoms with Gasteiger partial charge in [-0.3, -0.25) is 0 Å². The summed E-state index contributed by atoms with van der Waals surface area (Å²) >= 11 is 0. The number of benzene rings is 1. The molecule has 0 bridgehead atoms. The summed E-state index contributed by atoms with van der Waals surface area (Å²) in [6.45, 7) is 2.30. The first-order valence-corrected chi connectivity index (χ1v) is 5.23. The fraction of sp³-hybridized carbons (Fsp3) is 0.500. The highest BCUT2D eigenvalue weighted by atomic mass is 16.3. The van der Waals surface area contributed by atoms with E-state index in [1.165, 1.54) is 0 Å². The topological polar surface area (TPSA) is 52.5 Å². The summed E-state index contributed by atoms with van der Waals surface area (Å²) in [5.74, 6) is 0. The largest absolute Gasteiger partial charge is 0.393 e. The van der Waals surface area contributed by atoms with Crippen molar-refractivity contribution >= 4 is 0 Å². The lowest BCUT2D eigenvalue weighted by molar-refractivity contribution is 0.177. The summed E-state index contributed by atoms with van der Waals surface area (Å²) in [5, 5.41) is 21.9. The van der Waals surface area contributed by atoms with E-state index in [-0.39, 0.29) is 6.10 Å². The third kappa shape index (κ3) is 4.00. The molecule has 0 radical (unpaired) electrons. The Morgan fingerprint density at radius 1 is 1.33 bits per heavy atom. The molecule has 0 aliphatic rings. The summed E-state index contributed by atoms with van der Waals surface area (Å²) in [6, 6.07) is 7.70. The molecule has 3 heteroatoms. The van der Waals surface area contributed by atoms with Gasteiger partial charge in [0.25, 0.3) is 0 Å².